The number of rotatable bonds is 12. The summed E-state index contributed by atoms with van der Waals surface area (Å²) in [4.78, 5) is 54.4. The highest BCUT2D eigenvalue weighted by Crippen LogP contribution is 2.12. The molecular weight excluding hydrogens is 506 g/mol. The molecule has 0 fully saturated rings. The lowest BCUT2D eigenvalue weighted by Gasteiger charge is -2.19. The molecule has 0 bridgehead atoms. The Morgan fingerprint density at radius 1 is 1.03 bits per heavy atom. The predicted octanol–water partition coefficient (Wildman–Crippen LogP) is 1.36. The van der Waals surface area contributed by atoms with E-state index in [0.29, 0.717) is 37.9 Å². The number of amides is 5. The summed E-state index contributed by atoms with van der Waals surface area (Å²) in [6, 6.07) is 6.21. The number of nitrogens with two attached hydrogens (primary N) is 2. The summed E-state index contributed by atoms with van der Waals surface area (Å²) in [7, 11) is 1.71. The minimum atomic E-state index is -0.577. The number of ether oxygens (including phenoxy) is 1. The summed E-state index contributed by atoms with van der Waals surface area (Å²) in [5, 5.41) is 13.2. The number of primary amides is 1. The van der Waals surface area contributed by atoms with Crippen molar-refractivity contribution in [2.24, 2.45) is 11.5 Å². The molecule has 13 heteroatoms. The molecule has 13 nitrogen and oxygen atoms in total. The first-order chi connectivity index (χ1) is 18.3. The van der Waals surface area contributed by atoms with Gasteiger partial charge in [0.1, 0.15) is 11.9 Å². The molecule has 39 heavy (non-hydrogen) atoms. The van der Waals surface area contributed by atoms with Crippen LogP contribution in [-0.2, 0) is 25.7 Å². The van der Waals surface area contributed by atoms with Crippen LogP contribution in [0.2, 0.25) is 0 Å². The number of benzene rings is 1. The summed E-state index contributed by atoms with van der Waals surface area (Å²) in [5.74, 6) is -0.474. The van der Waals surface area contributed by atoms with Gasteiger partial charge < -0.3 is 47.6 Å². The number of carbonyl (C=O) groups is 5. The lowest BCUT2D eigenvalue weighted by Crippen LogP contribution is -2.39. The molecule has 0 saturated carbocycles. The predicted molar refractivity (Wildman–Crippen MR) is 152 cm³/mol. The Balaban J connectivity index is 0. The normalized spacial score (nSPS) is 10.7. The van der Waals surface area contributed by atoms with E-state index in [2.05, 4.69) is 40.4 Å². The Morgan fingerprint density at radius 2 is 1.62 bits per heavy atom. The van der Waals surface area contributed by atoms with Crippen molar-refractivity contribution in [1.29, 1.82) is 0 Å². The third kappa shape index (κ3) is 23.2. The Morgan fingerprint density at radius 3 is 2.08 bits per heavy atom. The van der Waals surface area contributed by atoms with Crippen LogP contribution in [0.3, 0.4) is 0 Å². The van der Waals surface area contributed by atoms with Crippen molar-refractivity contribution in [3.63, 3.8) is 0 Å². The molecule has 0 aliphatic heterocycles. The standard InChI is InChI=1S/C19H31N5O4.C4H8N2O2.C3H8/c1-19(2,3)28-18(27)23-12-13-7-9-14(10-8-13)24-16(25)15(21-4)6-5-11-22-17(20)26;5-3-4(8)6-1-2-7;1-3-2/h7-10,15,21H,5-6,11-12H2,1-4H3,(H,23,27)(H,24,25)(H3,20,22,26);2H,1,3,5H2,(H,6,8);3H2,1-2H3/t15-;;/m0../s1. The number of hydrogen-bond donors (Lipinski definition) is 7. The van der Waals surface area contributed by atoms with Gasteiger partial charge in [-0.2, -0.15) is 0 Å². The first-order valence-electron chi connectivity index (χ1n) is 12.8. The van der Waals surface area contributed by atoms with Gasteiger partial charge in [-0.25, -0.2) is 9.59 Å². The summed E-state index contributed by atoms with van der Waals surface area (Å²) in [5.41, 5.74) is 10.9. The average molecular weight is 554 g/mol. The maximum absolute atomic E-state index is 12.3. The van der Waals surface area contributed by atoms with Gasteiger partial charge in [0.25, 0.3) is 0 Å². The van der Waals surface area contributed by atoms with Gasteiger partial charge in [-0.05, 0) is 58.4 Å². The highest BCUT2D eigenvalue weighted by molar-refractivity contribution is 5.94. The van der Waals surface area contributed by atoms with E-state index < -0.39 is 17.7 Å². The van der Waals surface area contributed by atoms with Crippen LogP contribution in [0, 0.1) is 0 Å². The Hall–Kier alpha value is -3.71. The van der Waals surface area contributed by atoms with Gasteiger partial charge in [0.2, 0.25) is 11.8 Å². The molecule has 0 saturated heterocycles. The number of likely N-dealkylation sites (N-methyl/N-ethyl adjacent to an activating group) is 1. The molecule has 0 spiro atoms. The van der Waals surface area contributed by atoms with Gasteiger partial charge in [0.05, 0.1) is 19.1 Å². The molecule has 0 aromatic heterocycles. The fraction of sp³-hybridized carbons (Fsp3) is 0.577. The molecule has 9 N–H and O–H groups in total. The number of urea groups is 1. The topological polar surface area (TPSA) is 207 Å². The molecule has 0 heterocycles. The van der Waals surface area contributed by atoms with E-state index in [-0.39, 0.29) is 30.9 Å². The first-order valence-corrected chi connectivity index (χ1v) is 12.8. The number of anilines is 1. The van der Waals surface area contributed by atoms with Gasteiger partial charge in [-0.1, -0.05) is 32.4 Å². The SMILES string of the molecule is CCC.CN[C@@H](CCCNC(N)=O)C(=O)Nc1ccc(CNC(=O)OC(C)(C)C)cc1.NCC(=O)NCC=O. The molecule has 222 valence electrons. The van der Waals surface area contributed by atoms with Crippen LogP contribution in [-0.4, -0.2) is 68.5 Å². The van der Waals surface area contributed by atoms with E-state index in [9.17, 15) is 24.0 Å². The largest absolute Gasteiger partial charge is 0.444 e. The lowest BCUT2D eigenvalue weighted by molar-refractivity contribution is -0.121. The van der Waals surface area contributed by atoms with E-state index in [1.165, 1.54) is 6.42 Å². The summed E-state index contributed by atoms with van der Waals surface area (Å²) >= 11 is 0. The van der Waals surface area contributed by atoms with Crippen molar-refractivity contribution in [3.8, 4) is 0 Å². The van der Waals surface area contributed by atoms with Crippen LogP contribution in [0.25, 0.3) is 0 Å². The van der Waals surface area contributed by atoms with E-state index in [1.54, 1.807) is 40.0 Å². The average Bonchev–Trinajstić information content (AvgIpc) is 2.86. The molecule has 1 atom stereocenters. The molecule has 0 aliphatic carbocycles. The fourth-order valence-corrected chi connectivity index (χ4v) is 2.58. The van der Waals surface area contributed by atoms with Crippen molar-refractivity contribution in [2.45, 2.75) is 72.1 Å². The van der Waals surface area contributed by atoms with Crippen LogP contribution < -0.4 is 38.1 Å². The van der Waals surface area contributed by atoms with Crippen molar-refractivity contribution in [2.75, 3.05) is 32.0 Å². The minimum Gasteiger partial charge on any atom is -0.444 e. The Bertz CT molecular complexity index is 857. The zero-order valence-electron chi connectivity index (χ0n) is 24.0. The second-order valence-electron chi connectivity index (χ2n) is 9.20. The van der Waals surface area contributed by atoms with Crippen LogP contribution in [0.4, 0.5) is 15.3 Å². The third-order valence-electron chi connectivity index (χ3n) is 4.26. The minimum absolute atomic E-state index is 0.0516. The van der Waals surface area contributed by atoms with E-state index in [1.807, 2.05) is 12.1 Å². The highest BCUT2D eigenvalue weighted by Gasteiger charge is 2.17. The molecule has 1 aromatic carbocycles. The molecule has 1 aromatic rings. The molecular formula is C26H47N7O6. The Labute approximate surface area is 231 Å². The quantitative estimate of drug-likeness (QED) is 0.148. The second kappa shape index (κ2) is 22.3. The van der Waals surface area contributed by atoms with Crippen LogP contribution in [0.1, 0.15) is 59.4 Å². The van der Waals surface area contributed by atoms with Gasteiger partial charge in [-0.15, -0.1) is 0 Å². The summed E-state index contributed by atoms with van der Waals surface area (Å²) in [6.07, 6.45) is 2.55. The maximum Gasteiger partial charge on any atom is 0.407 e. The van der Waals surface area contributed by atoms with E-state index in [0.717, 1.165) is 5.56 Å². The monoisotopic (exact) mass is 553 g/mol. The van der Waals surface area contributed by atoms with Gasteiger partial charge in [0.15, 0.2) is 0 Å². The molecule has 0 unspecified atom stereocenters. The Kier molecular flexibility index (Phi) is 21.4. The first kappa shape index (κ1) is 37.4. The lowest BCUT2D eigenvalue weighted by atomic mass is 10.1. The number of alkyl carbamates (subject to hydrolysis) is 1. The van der Waals surface area contributed by atoms with Crippen molar-refractivity contribution in [3.05, 3.63) is 29.8 Å². The number of nitrogens with one attached hydrogen (secondary N) is 5. The van der Waals surface area contributed by atoms with Gasteiger partial charge in [0, 0.05) is 18.8 Å². The molecule has 5 amide bonds. The van der Waals surface area contributed by atoms with Crippen molar-refractivity contribution < 1.29 is 28.7 Å². The highest BCUT2D eigenvalue weighted by atomic mass is 16.6. The number of aldehydes is 1. The summed E-state index contributed by atoms with van der Waals surface area (Å²) in [6.45, 7) is 10.4. The van der Waals surface area contributed by atoms with Gasteiger partial charge >= 0.3 is 12.1 Å². The maximum atomic E-state index is 12.3. The fourth-order valence-electron chi connectivity index (χ4n) is 2.58. The van der Waals surface area contributed by atoms with Crippen LogP contribution in [0.15, 0.2) is 24.3 Å². The van der Waals surface area contributed by atoms with E-state index >= 15 is 0 Å². The van der Waals surface area contributed by atoms with E-state index in [4.69, 9.17) is 16.2 Å². The number of hydrogen-bond acceptors (Lipinski definition) is 8. The van der Waals surface area contributed by atoms with Gasteiger partial charge in [-0.3, -0.25) is 9.59 Å². The third-order valence-corrected chi connectivity index (χ3v) is 4.26. The van der Waals surface area contributed by atoms with Crippen LogP contribution in [0.5, 0.6) is 0 Å². The molecule has 0 aliphatic rings. The second-order valence-corrected chi connectivity index (χ2v) is 9.20. The zero-order valence-corrected chi connectivity index (χ0v) is 24.0. The molecule has 1 rings (SSSR count). The van der Waals surface area contributed by atoms with Crippen LogP contribution >= 0.6 is 0 Å². The number of carbonyl (C=O) groups excluding carboxylic acids is 5. The smallest absolute Gasteiger partial charge is 0.407 e. The van der Waals surface area contributed by atoms with Crippen molar-refractivity contribution in [1.82, 2.24) is 21.3 Å². The zero-order chi connectivity index (χ0) is 30.3. The summed E-state index contributed by atoms with van der Waals surface area (Å²) < 4.78 is 5.18. The van der Waals surface area contributed by atoms with Crippen molar-refractivity contribution >= 4 is 35.9 Å². The molecule has 0 radical (unpaired) electrons.